The number of anilines is 1. The Balaban J connectivity index is 1.28. The maximum atomic E-state index is 12.6. The van der Waals surface area contributed by atoms with Crippen molar-refractivity contribution in [1.82, 2.24) is 9.88 Å². The van der Waals surface area contributed by atoms with Crippen LogP contribution >= 0.6 is 11.3 Å². The van der Waals surface area contributed by atoms with Crippen LogP contribution in [0.25, 0.3) is 11.1 Å². The fourth-order valence-electron chi connectivity index (χ4n) is 4.23. The first-order chi connectivity index (χ1) is 15.2. The fourth-order valence-corrected chi connectivity index (χ4v) is 5.06. The van der Waals surface area contributed by atoms with Crippen LogP contribution in [-0.4, -0.2) is 35.4 Å². The molecule has 0 unspecified atom stereocenters. The molecule has 0 atom stereocenters. The van der Waals surface area contributed by atoms with E-state index in [1.807, 2.05) is 31.3 Å². The number of pyridine rings is 1. The second-order valence-electron chi connectivity index (χ2n) is 8.44. The number of hydrogen-bond acceptors (Lipinski definition) is 4. The maximum Gasteiger partial charge on any atom is 0.229 e. The van der Waals surface area contributed by atoms with Gasteiger partial charge in [-0.15, -0.1) is 11.3 Å². The predicted octanol–water partition coefficient (Wildman–Crippen LogP) is 5.72. The zero-order valence-electron chi connectivity index (χ0n) is 18.3. The summed E-state index contributed by atoms with van der Waals surface area (Å²) >= 11 is 1.56. The molecule has 1 amide bonds. The van der Waals surface area contributed by atoms with E-state index in [0.29, 0.717) is 6.42 Å². The molecule has 0 radical (unpaired) electrons. The molecule has 4 rings (SSSR count). The van der Waals surface area contributed by atoms with Crippen LogP contribution in [0.1, 0.15) is 42.5 Å². The van der Waals surface area contributed by atoms with Crippen LogP contribution in [0.2, 0.25) is 0 Å². The topological polar surface area (TPSA) is 45.2 Å². The fraction of sp³-hybridized carbons (Fsp3) is 0.385. The smallest absolute Gasteiger partial charge is 0.229 e. The molecule has 1 N–H and O–H groups in total. The number of aryl methyl sites for hydroxylation is 2. The third-order valence-corrected chi connectivity index (χ3v) is 6.68. The molecule has 2 aromatic heterocycles. The number of likely N-dealkylation sites (tertiary alicyclic amines) is 1. The molecule has 3 heterocycles. The predicted molar refractivity (Wildman–Crippen MR) is 130 cm³/mol. The number of rotatable bonds is 8. The Kier molecular flexibility index (Phi) is 7.49. The molecule has 0 aliphatic carbocycles. The molecular weight excluding hydrogens is 402 g/mol. The first kappa shape index (κ1) is 21.7. The highest BCUT2D eigenvalue weighted by Gasteiger charge is 2.10. The van der Waals surface area contributed by atoms with Gasteiger partial charge < -0.3 is 10.2 Å². The zero-order valence-corrected chi connectivity index (χ0v) is 19.1. The molecule has 31 heavy (non-hydrogen) atoms. The lowest BCUT2D eigenvalue weighted by atomic mass is 10.0. The Bertz CT molecular complexity index is 1010. The maximum absolute atomic E-state index is 12.6. The molecule has 4 nitrogen and oxygen atoms in total. The van der Waals surface area contributed by atoms with Crippen molar-refractivity contribution >= 4 is 22.2 Å². The van der Waals surface area contributed by atoms with Gasteiger partial charge in [0.05, 0.1) is 11.4 Å². The van der Waals surface area contributed by atoms with E-state index >= 15 is 0 Å². The lowest BCUT2D eigenvalue weighted by Gasteiger charge is -2.26. The minimum atomic E-state index is 0.0322. The molecule has 1 fully saturated rings. The summed E-state index contributed by atoms with van der Waals surface area (Å²) in [5.41, 5.74) is 5.64. The SMILES string of the molecule is Cc1cc(-c2csc(NC(=O)Cc3cccc(CCCN4CCCCC4)c3)c2)ccn1. The number of benzene rings is 1. The highest BCUT2D eigenvalue weighted by atomic mass is 32.1. The summed E-state index contributed by atoms with van der Waals surface area (Å²) in [6.45, 7) is 5.68. The summed E-state index contributed by atoms with van der Waals surface area (Å²) in [5, 5.41) is 6.02. The number of carbonyl (C=O) groups is 1. The van der Waals surface area contributed by atoms with Gasteiger partial charge in [-0.1, -0.05) is 30.7 Å². The normalized spacial score (nSPS) is 14.5. The van der Waals surface area contributed by atoms with E-state index in [4.69, 9.17) is 0 Å². The summed E-state index contributed by atoms with van der Waals surface area (Å²) in [5.74, 6) is 0.0322. The Morgan fingerprint density at radius 1 is 1.06 bits per heavy atom. The van der Waals surface area contributed by atoms with E-state index in [0.717, 1.165) is 33.8 Å². The number of nitrogens with zero attached hydrogens (tertiary/aromatic N) is 2. The van der Waals surface area contributed by atoms with Crippen LogP contribution in [0.15, 0.2) is 54.0 Å². The monoisotopic (exact) mass is 433 g/mol. The third-order valence-electron chi connectivity index (χ3n) is 5.84. The first-order valence-electron chi connectivity index (χ1n) is 11.3. The second kappa shape index (κ2) is 10.7. The van der Waals surface area contributed by atoms with Crippen molar-refractivity contribution in [2.45, 2.75) is 45.4 Å². The number of piperidine rings is 1. The standard InChI is InChI=1S/C26H31N3OS/c1-20-15-23(10-11-27-20)24-18-26(31-19-24)28-25(30)17-22-8-5-7-21(16-22)9-6-14-29-12-3-2-4-13-29/h5,7-8,10-11,15-16,18-19H,2-4,6,9,12-14,17H2,1H3,(H,28,30). The first-order valence-corrected chi connectivity index (χ1v) is 12.2. The van der Waals surface area contributed by atoms with Gasteiger partial charge in [0.2, 0.25) is 5.91 Å². The molecule has 162 valence electrons. The van der Waals surface area contributed by atoms with Crippen LogP contribution < -0.4 is 5.32 Å². The van der Waals surface area contributed by atoms with Gasteiger partial charge in [-0.25, -0.2) is 0 Å². The molecule has 0 spiro atoms. The van der Waals surface area contributed by atoms with Crippen LogP contribution in [0, 0.1) is 6.92 Å². The Morgan fingerprint density at radius 2 is 1.90 bits per heavy atom. The number of carbonyl (C=O) groups excluding carboxylic acids is 1. The summed E-state index contributed by atoms with van der Waals surface area (Å²) in [7, 11) is 0. The molecular formula is C26H31N3OS. The van der Waals surface area contributed by atoms with E-state index in [1.54, 1.807) is 11.3 Å². The average molecular weight is 434 g/mol. The Morgan fingerprint density at radius 3 is 2.74 bits per heavy atom. The van der Waals surface area contributed by atoms with Crippen molar-refractivity contribution in [3.8, 4) is 11.1 Å². The van der Waals surface area contributed by atoms with Gasteiger partial charge in [0.1, 0.15) is 0 Å². The van der Waals surface area contributed by atoms with Gasteiger partial charge in [0.15, 0.2) is 0 Å². The highest BCUT2D eigenvalue weighted by Crippen LogP contribution is 2.29. The molecule has 1 aliphatic rings. The molecule has 0 bridgehead atoms. The minimum Gasteiger partial charge on any atom is -0.317 e. The van der Waals surface area contributed by atoms with Crippen LogP contribution in [0.5, 0.6) is 0 Å². The van der Waals surface area contributed by atoms with Crippen molar-refractivity contribution < 1.29 is 4.79 Å². The van der Waals surface area contributed by atoms with E-state index in [2.05, 4.69) is 44.8 Å². The van der Waals surface area contributed by atoms with Gasteiger partial charge in [-0.05, 0) is 92.7 Å². The van der Waals surface area contributed by atoms with Gasteiger partial charge in [0.25, 0.3) is 0 Å². The van der Waals surface area contributed by atoms with E-state index in [9.17, 15) is 4.79 Å². The lowest BCUT2D eigenvalue weighted by molar-refractivity contribution is -0.115. The number of amides is 1. The number of thiophene rings is 1. The van der Waals surface area contributed by atoms with Crippen molar-refractivity contribution in [3.05, 3.63) is 70.9 Å². The van der Waals surface area contributed by atoms with Gasteiger partial charge in [-0.3, -0.25) is 9.78 Å². The Hall–Kier alpha value is -2.50. The molecule has 5 heteroatoms. The zero-order chi connectivity index (χ0) is 21.5. The summed E-state index contributed by atoms with van der Waals surface area (Å²) in [4.78, 5) is 19.4. The lowest BCUT2D eigenvalue weighted by Crippen LogP contribution is -2.30. The van der Waals surface area contributed by atoms with Gasteiger partial charge >= 0.3 is 0 Å². The second-order valence-corrected chi connectivity index (χ2v) is 9.35. The van der Waals surface area contributed by atoms with E-state index in [-0.39, 0.29) is 5.91 Å². The molecule has 3 aromatic rings. The van der Waals surface area contributed by atoms with Crippen LogP contribution in [0.3, 0.4) is 0 Å². The van der Waals surface area contributed by atoms with Gasteiger partial charge in [-0.2, -0.15) is 0 Å². The summed E-state index contributed by atoms with van der Waals surface area (Å²) in [6.07, 6.45) is 8.56. The molecule has 1 aliphatic heterocycles. The van der Waals surface area contributed by atoms with Crippen molar-refractivity contribution in [2.75, 3.05) is 25.0 Å². The van der Waals surface area contributed by atoms with Crippen molar-refractivity contribution in [2.24, 2.45) is 0 Å². The number of nitrogens with one attached hydrogen (secondary N) is 1. The summed E-state index contributed by atoms with van der Waals surface area (Å²) in [6, 6.07) is 14.6. The summed E-state index contributed by atoms with van der Waals surface area (Å²) < 4.78 is 0. The van der Waals surface area contributed by atoms with Gasteiger partial charge in [0, 0.05) is 17.3 Å². The number of aromatic nitrogens is 1. The molecule has 1 saturated heterocycles. The number of hydrogen-bond donors (Lipinski definition) is 1. The highest BCUT2D eigenvalue weighted by molar-refractivity contribution is 7.14. The van der Waals surface area contributed by atoms with Crippen molar-refractivity contribution in [1.29, 1.82) is 0 Å². The van der Waals surface area contributed by atoms with Crippen LogP contribution in [-0.2, 0) is 17.6 Å². The molecule has 0 saturated carbocycles. The quantitative estimate of drug-likeness (QED) is 0.494. The largest absolute Gasteiger partial charge is 0.317 e. The van der Waals surface area contributed by atoms with E-state index in [1.165, 1.54) is 50.9 Å². The minimum absolute atomic E-state index is 0.0322. The van der Waals surface area contributed by atoms with Crippen molar-refractivity contribution in [3.63, 3.8) is 0 Å². The Labute approximate surface area is 189 Å². The average Bonchev–Trinajstić information content (AvgIpc) is 3.23. The van der Waals surface area contributed by atoms with E-state index < -0.39 is 0 Å². The third kappa shape index (κ3) is 6.49. The van der Waals surface area contributed by atoms with Crippen LogP contribution in [0.4, 0.5) is 5.00 Å². The molecule has 1 aromatic carbocycles.